The maximum Gasteiger partial charge on any atom is 0.407 e. The second kappa shape index (κ2) is 8.80. The topological polar surface area (TPSA) is 165 Å². The third-order valence-electron chi connectivity index (χ3n) is 7.73. The van der Waals surface area contributed by atoms with E-state index >= 15 is 0 Å². The van der Waals surface area contributed by atoms with Crippen LogP contribution in [-0.4, -0.2) is 72.7 Å². The van der Waals surface area contributed by atoms with E-state index in [1.54, 1.807) is 17.3 Å². The summed E-state index contributed by atoms with van der Waals surface area (Å²) < 4.78 is 6.43. The summed E-state index contributed by atoms with van der Waals surface area (Å²) >= 11 is 0. The fourth-order valence-electron chi connectivity index (χ4n) is 6.10. The molecule has 4 N–H and O–H groups in total. The number of amides is 2. The molecular formula is C25H27N7O5. The fourth-order valence-corrected chi connectivity index (χ4v) is 6.10. The van der Waals surface area contributed by atoms with Crippen molar-refractivity contribution < 1.29 is 24.2 Å². The summed E-state index contributed by atoms with van der Waals surface area (Å²) in [5, 5.41) is 16.5. The molecule has 2 bridgehead atoms. The number of nitrogens with zero attached hydrogens (tertiary/aromatic N) is 5. The molecule has 3 aliphatic heterocycles. The van der Waals surface area contributed by atoms with Gasteiger partial charge in [0.15, 0.2) is 11.4 Å². The van der Waals surface area contributed by atoms with E-state index in [4.69, 9.17) is 15.5 Å². The monoisotopic (exact) mass is 505 g/mol. The minimum Gasteiger partial charge on any atom is -0.447 e. The number of nitrogen functional groups attached to an aromatic ring is 1. The van der Waals surface area contributed by atoms with E-state index in [0.29, 0.717) is 41.0 Å². The van der Waals surface area contributed by atoms with Crippen molar-refractivity contribution in [1.82, 2.24) is 29.8 Å². The zero-order valence-electron chi connectivity index (χ0n) is 20.3. The number of pyridine rings is 1. The van der Waals surface area contributed by atoms with Crippen LogP contribution in [-0.2, 0) is 9.53 Å². The first kappa shape index (κ1) is 23.3. The number of fused-ring (bicyclic) bond motifs is 3. The largest absolute Gasteiger partial charge is 0.447 e. The first-order valence-corrected chi connectivity index (χ1v) is 12.3. The number of aliphatic hydroxyl groups excluding tert-OH is 1. The first-order chi connectivity index (χ1) is 17.9. The average molecular weight is 506 g/mol. The number of ketones is 1. The molecule has 0 radical (unpaired) electrons. The molecule has 6 heterocycles. The van der Waals surface area contributed by atoms with Crippen LogP contribution in [0.4, 0.5) is 10.6 Å². The molecule has 0 aliphatic carbocycles. The Morgan fingerprint density at radius 3 is 2.57 bits per heavy atom. The van der Waals surface area contributed by atoms with Gasteiger partial charge in [-0.3, -0.25) is 14.6 Å². The van der Waals surface area contributed by atoms with Crippen LogP contribution >= 0.6 is 0 Å². The summed E-state index contributed by atoms with van der Waals surface area (Å²) in [5.74, 6) is -0.263. The molecule has 3 atom stereocenters. The lowest BCUT2D eigenvalue weighted by Crippen LogP contribution is -2.47. The number of anilines is 1. The summed E-state index contributed by atoms with van der Waals surface area (Å²) in [5.41, 5.74) is 10.2. The number of carbonyl (C=O) groups is 3. The van der Waals surface area contributed by atoms with Gasteiger partial charge in [-0.25, -0.2) is 9.78 Å². The van der Waals surface area contributed by atoms with Gasteiger partial charge < -0.3 is 25.8 Å². The van der Waals surface area contributed by atoms with Crippen LogP contribution in [0.2, 0.25) is 0 Å². The number of hydrogen-bond donors (Lipinski definition) is 3. The molecular weight excluding hydrogens is 478 g/mol. The molecule has 37 heavy (non-hydrogen) atoms. The number of Topliss-reactive ketones (excluding diaryl/α,β-unsaturated/α-hetero) is 1. The van der Waals surface area contributed by atoms with Crippen LogP contribution in [0.15, 0.2) is 24.5 Å². The van der Waals surface area contributed by atoms with E-state index in [-0.39, 0.29) is 48.2 Å². The Kier molecular flexibility index (Phi) is 5.55. The molecule has 12 heteroatoms. The Labute approximate surface area is 211 Å². The number of piperidine rings is 1. The third-order valence-corrected chi connectivity index (χ3v) is 7.73. The predicted molar refractivity (Wildman–Crippen MR) is 131 cm³/mol. The van der Waals surface area contributed by atoms with Crippen molar-refractivity contribution >= 4 is 29.2 Å². The number of cyclic esters (lactones) is 1. The maximum atomic E-state index is 12.7. The summed E-state index contributed by atoms with van der Waals surface area (Å²) in [4.78, 5) is 47.7. The molecule has 3 saturated heterocycles. The molecule has 3 aromatic heterocycles. The van der Waals surface area contributed by atoms with Crippen molar-refractivity contribution in [3.63, 3.8) is 0 Å². The highest BCUT2D eigenvalue weighted by atomic mass is 16.6. The molecule has 2 amide bonds. The van der Waals surface area contributed by atoms with Crippen molar-refractivity contribution in [2.24, 2.45) is 0 Å². The summed E-state index contributed by atoms with van der Waals surface area (Å²) in [6, 6.07) is 3.40. The molecule has 6 rings (SSSR count). The average Bonchev–Trinajstić information content (AvgIpc) is 3.59. The summed E-state index contributed by atoms with van der Waals surface area (Å²) in [6.07, 6.45) is 5.90. The van der Waals surface area contributed by atoms with Gasteiger partial charge in [0.1, 0.15) is 25.1 Å². The van der Waals surface area contributed by atoms with Crippen molar-refractivity contribution in [3.05, 3.63) is 41.5 Å². The van der Waals surface area contributed by atoms with E-state index in [1.807, 2.05) is 12.1 Å². The molecule has 0 saturated carbocycles. The molecule has 0 spiro atoms. The number of nitrogens with two attached hydrogens (primary N) is 1. The quantitative estimate of drug-likeness (QED) is 0.437. The van der Waals surface area contributed by atoms with Gasteiger partial charge in [0, 0.05) is 35.3 Å². The molecule has 3 fully saturated rings. The van der Waals surface area contributed by atoms with Crippen molar-refractivity contribution in [2.75, 3.05) is 18.9 Å². The zero-order valence-corrected chi connectivity index (χ0v) is 20.3. The molecule has 3 aliphatic rings. The van der Waals surface area contributed by atoms with Crippen molar-refractivity contribution in [2.45, 2.75) is 56.7 Å². The number of hydrogen-bond acceptors (Lipinski definition) is 9. The standard InChI is InChI=1S/C25H27N7O5/c1-12(34)21-22(14-6-15-3-4-16(7-14)31(15)20(35)10-33)30-24-17(9-28-32(24)23(21)26)13-2-5-18(27-8-13)19-11-37-25(36)29-19/h2,5,8-9,14-16,19,33H,3-4,6-7,10-11,26H2,1H3,(H,29,36)/t15-,16-,19+/m0/s1. The van der Waals surface area contributed by atoms with E-state index < -0.39 is 12.7 Å². The number of alkyl carbamates (subject to hydrolysis) is 1. The van der Waals surface area contributed by atoms with Crippen LogP contribution in [0, 0.1) is 0 Å². The molecule has 0 aromatic carbocycles. The minimum atomic E-state index is -0.500. The number of nitrogens with one attached hydrogen (secondary N) is 1. The van der Waals surface area contributed by atoms with Crippen LogP contribution in [0.25, 0.3) is 16.8 Å². The van der Waals surface area contributed by atoms with Gasteiger partial charge in [-0.2, -0.15) is 9.61 Å². The summed E-state index contributed by atoms with van der Waals surface area (Å²) in [7, 11) is 0. The fraction of sp³-hybridized carbons (Fsp3) is 0.440. The highest BCUT2D eigenvalue weighted by Crippen LogP contribution is 2.44. The molecule has 192 valence electrons. The van der Waals surface area contributed by atoms with E-state index in [0.717, 1.165) is 18.4 Å². The number of rotatable bonds is 5. The van der Waals surface area contributed by atoms with Gasteiger partial charge in [0.05, 0.1) is 23.1 Å². The second-order valence-corrected chi connectivity index (χ2v) is 9.89. The Morgan fingerprint density at radius 1 is 1.22 bits per heavy atom. The van der Waals surface area contributed by atoms with E-state index in [1.165, 1.54) is 11.4 Å². The Hall–Kier alpha value is -4.06. The van der Waals surface area contributed by atoms with Gasteiger partial charge in [-0.1, -0.05) is 6.07 Å². The number of aromatic nitrogens is 4. The second-order valence-electron chi connectivity index (χ2n) is 9.89. The smallest absolute Gasteiger partial charge is 0.407 e. The van der Waals surface area contributed by atoms with Crippen molar-refractivity contribution in [3.8, 4) is 11.1 Å². The molecule has 0 unspecified atom stereocenters. The first-order valence-electron chi connectivity index (χ1n) is 12.3. The van der Waals surface area contributed by atoms with Crippen molar-refractivity contribution in [1.29, 1.82) is 0 Å². The number of aliphatic hydroxyl groups is 1. The Balaban J connectivity index is 1.38. The van der Waals surface area contributed by atoms with Gasteiger partial charge in [-0.15, -0.1) is 0 Å². The normalized spacial score (nSPS) is 24.8. The predicted octanol–water partition coefficient (Wildman–Crippen LogP) is 1.59. The lowest BCUT2D eigenvalue weighted by Gasteiger charge is -2.39. The maximum absolute atomic E-state index is 12.7. The number of ether oxygens (including phenoxy) is 1. The minimum absolute atomic E-state index is 0.00337. The van der Waals surface area contributed by atoms with Crippen LogP contribution < -0.4 is 11.1 Å². The highest BCUT2D eigenvalue weighted by molar-refractivity contribution is 6.00. The SMILES string of the molecule is CC(=O)c1c(C2C[C@@H]3CC[C@@H](C2)N3C(=O)CO)nc2c(-c3ccc([C@H]4COC(=O)N4)nc3)cnn2c1N. The van der Waals surface area contributed by atoms with Gasteiger partial charge in [0.25, 0.3) is 0 Å². The van der Waals surface area contributed by atoms with Gasteiger partial charge >= 0.3 is 6.09 Å². The van der Waals surface area contributed by atoms with Crippen LogP contribution in [0.1, 0.15) is 66.3 Å². The van der Waals surface area contributed by atoms with Gasteiger partial charge in [-0.05, 0) is 38.7 Å². The van der Waals surface area contributed by atoms with E-state index in [9.17, 15) is 19.5 Å². The lowest BCUT2D eigenvalue weighted by molar-refractivity contribution is -0.138. The molecule has 12 nitrogen and oxygen atoms in total. The molecule has 3 aromatic rings. The summed E-state index contributed by atoms with van der Waals surface area (Å²) in [6.45, 7) is 1.20. The zero-order chi connectivity index (χ0) is 25.8. The van der Waals surface area contributed by atoms with Crippen LogP contribution in [0.3, 0.4) is 0 Å². The number of carbonyl (C=O) groups excluding carboxylic acids is 3. The van der Waals surface area contributed by atoms with Gasteiger partial charge in [0.2, 0.25) is 5.91 Å². The van der Waals surface area contributed by atoms with Crippen LogP contribution in [0.5, 0.6) is 0 Å². The Bertz CT molecular complexity index is 1410. The lowest BCUT2D eigenvalue weighted by atomic mass is 9.85. The van der Waals surface area contributed by atoms with E-state index in [2.05, 4.69) is 15.4 Å². The highest BCUT2D eigenvalue weighted by Gasteiger charge is 2.44. The third kappa shape index (κ3) is 3.79. The Morgan fingerprint density at radius 2 is 1.97 bits per heavy atom.